The average Bonchev–Trinajstić information content (AvgIpc) is 3.89. The van der Waals surface area contributed by atoms with Crippen molar-refractivity contribution in [2.75, 3.05) is 0 Å². The Morgan fingerprint density at radius 2 is 1.08 bits per heavy atom. The molecule has 0 amide bonds. The van der Waals surface area contributed by atoms with Crippen molar-refractivity contribution >= 4 is 11.3 Å². The van der Waals surface area contributed by atoms with E-state index in [4.69, 9.17) is 0 Å². The molecule has 0 aromatic carbocycles. The van der Waals surface area contributed by atoms with Crippen molar-refractivity contribution in [3.8, 4) is 0 Å². The summed E-state index contributed by atoms with van der Waals surface area (Å²) in [6, 6.07) is 7.49. The van der Waals surface area contributed by atoms with Crippen LogP contribution in [0, 0.1) is 0 Å². The number of hydrogen-bond acceptors (Lipinski definition) is 13. The number of pyridine rings is 1. The first-order valence-corrected chi connectivity index (χ1v) is 11.8. The molecule has 0 aliphatic rings. The van der Waals surface area contributed by atoms with Crippen LogP contribution in [0.15, 0.2) is 158 Å². The fraction of sp³-hybridized carbons (Fsp3) is 0. The predicted molar refractivity (Wildman–Crippen MR) is 145 cm³/mol. The number of oxazole rings is 1. The highest BCUT2D eigenvalue weighted by molar-refractivity contribution is 7.07. The number of H-pyrrole nitrogens is 1. The Morgan fingerprint density at radius 1 is 0.462 bits per heavy atom. The Morgan fingerprint density at radius 3 is 1.26 bits per heavy atom. The number of imidazole rings is 1. The zero-order valence-electron chi connectivity index (χ0n) is 20.7. The summed E-state index contributed by atoms with van der Waals surface area (Å²) in [5.41, 5.74) is 1.79. The van der Waals surface area contributed by atoms with Gasteiger partial charge in [-0.05, 0) is 18.2 Å². The van der Waals surface area contributed by atoms with Gasteiger partial charge in [-0.1, -0.05) is 6.07 Å². The first-order chi connectivity index (χ1) is 19.5. The first kappa shape index (κ1) is 31.4. The Kier molecular flexibility index (Phi) is 23.0. The van der Waals surface area contributed by atoms with Crippen LogP contribution in [0.4, 0.5) is 0 Å². The van der Waals surface area contributed by atoms with Gasteiger partial charge in [-0.25, -0.2) is 34.9 Å². The third-order valence-electron chi connectivity index (χ3n) is 3.02. The van der Waals surface area contributed by atoms with Crippen molar-refractivity contribution in [2.24, 2.45) is 0 Å². The van der Waals surface area contributed by atoms with Crippen molar-refractivity contribution in [3.63, 3.8) is 0 Å². The lowest BCUT2D eigenvalue weighted by Gasteiger charge is -1.70. The van der Waals surface area contributed by atoms with E-state index in [0.29, 0.717) is 0 Å². The van der Waals surface area contributed by atoms with E-state index in [-0.39, 0.29) is 0 Å². The molecule has 0 spiro atoms. The summed E-state index contributed by atoms with van der Waals surface area (Å²) >= 11 is 1.60. The predicted octanol–water partition coefficient (Wildman–Crippen LogP) is 4.13. The molecule has 198 valence electrons. The average molecular weight is 543 g/mol. The van der Waals surface area contributed by atoms with E-state index in [2.05, 4.69) is 64.2 Å². The zero-order chi connectivity index (χ0) is 27.6. The summed E-state index contributed by atoms with van der Waals surface area (Å²) in [6.07, 6.45) is 30.6. The third-order valence-corrected chi connectivity index (χ3v) is 3.54. The Labute approximate surface area is 229 Å². The maximum Gasteiger partial charge on any atom is 0.180 e. The van der Waals surface area contributed by atoms with Crippen LogP contribution in [0.25, 0.3) is 0 Å². The van der Waals surface area contributed by atoms with E-state index < -0.39 is 0 Å². The molecule has 7 aromatic heterocycles. The van der Waals surface area contributed by atoms with Gasteiger partial charge in [0.15, 0.2) is 6.39 Å². The zero-order valence-corrected chi connectivity index (χ0v) is 21.5. The van der Waals surface area contributed by atoms with Crippen LogP contribution < -0.4 is 0 Å². The second kappa shape index (κ2) is 28.6. The summed E-state index contributed by atoms with van der Waals surface area (Å²) in [5, 5.41) is 1.93. The monoisotopic (exact) mass is 542 g/mol. The normalized spacial score (nSPS) is 8.00. The number of aromatic nitrogens is 12. The van der Waals surface area contributed by atoms with Gasteiger partial charge in [-0.2, -0.15) is 0 Å². The van der Waals surface area contributed by atoms with Crippen LogP contribution in [0.3, 0.4) is 0 Å². The molecule has 7 heterocycles. The van der Waals surface area contributed by atoms with Gasteiger partial charge in [-0.15, -0.1) is 11.3 Å². The van der Waals surface area contributed by atoms with Crippen LogP contribution >= 0.6 is 11.3 Å². The van der Waals surface area contributed by atoms with Gasteiger partial charge in [0, 0.05) is 73.5 Å². The lowest BCUT2D eigenvalue weighted by atomic mass is 10.5. The lowest BCUT2D eigenvalue weighted by Crippen LogP contribution is -1.73. The molecule has 0 saturated carbocycles. The van der Waals surface area contributed by atoms with Crippen molar-refractivity contribution in [3.05, 3.63) is 154 Å². The topological polar surface area (TPSA) is 171 Å². The molecule has 0 bridgehead atoms. The molecule has 0 unspecified atom stereocenters. The number of nitrogens with zero attached hydrogens (tertiary/aromatic N) is 11. The molecular formula is C25H26N12OS. The van der Waals surface area contributed by atoms with Crippen molar-refractivity contribution in [1.82, 2.24) is 59.8 Å². The van der Waals surface area contributed by atoms with Gasteiger partial charge < -0.3 is 9.40 Å². The van der Waals surface area contributed by atoms with E-state index in [9.17, 15) is 0 Å². The van der Waals surface area contributed by atoms with Gasteiger partial charge in [0.1, 0.15) is 31.6 Å². The fourth-order valence-corrected chi connectivity index (χ4v) is 1.94. The van der Waals surface area contributed by atoms with E-state index >= 15 is 0 Å². The summed E-state index contributed by atoms with van der Waals surface area (Å²) < 4.78 is 4.47. The van der Waals surface area contributed by atoms with Crippen molar-refractivity contribution in [2.45, 2.75) is 0 Å². The Bertz CT molecular complexity index is 890. The highest BCUT2D eigenvalue weighted by Crippen LogP contribution is 1.86. The molecule has 14 heteroatoms. The standard InChI is InChI=1S/C5H5N.2C4H4N2.C3H3N3.C3H4N2.C3H3NO.C3H3NS/c1-2-4-6-5-3-1;1-2-6-4-3-5-1;1-2-5-4-6-3-1;1-4-2-6-3-5-1;3*1-2-5-3-4-1/h1-5H;2*1-4H;1-3H;1-3H,(H,4,5);2*1-3H. The van der Waals surface area contributed by atoms with E-state index in [0.717, 1.165) is 0 Å². The highest BCUT2D eigenvalue weighted by atomic mass is 32.1. The van der Waals surface area contributed by atoms with Gasteiger partial charge >= 0.3 is 0 Å². The summed E-state index contributed by atoms with van der Waals surface area (Å²) in [6.45, 7) is 0. The maximum atomic E-state index is 4.47. The second-order valence-corrected chi connectivity index (χ2v) is 6.48. The molecule has 0 aliphatic heterocycles. The van der Waals surface area contributed by atoms with E-state index in [1.54, 1.807) is 104 Å². The lowest BCUT2D eigenvalue weighted by molar-refractivity contribution is 0.558. The minimum Gasteiger partial charge on any atom is -0.452 e. The van der Waals surface area contributed by atoms with Crippen LogP contribution in [-0.2, 0) is 0 Å². The van der Waals surface area contributed by atoms with Gasteiger partial charge in [0.25, 0.3) is 0 Å². The highest BCUT2D eigenvalue weighted by Gasteiger charge is 1.62. The molecule has 39 heavy (non-hydrogen) atoms. The quantitative estimate of drug-likeness (QED) is 0.291. The molecule has 1 N–H and O–H groups in total. The summed E-state index contributed by atoms with van der Waals surface area (Å²) in [7, 11) is 0. The molecule has 7 aromatic rings. The van der Waals surface area contributed by atoms with Crippen LogP contribution in [-0.4, -0.2) is 59.8 Å². The molecule has 0 radical (unpaired) electrons. The Hall–Kier alpha value is -5.63. The van der Waals surface area contributed by atoms with Gasteiger partial charge in [0.05, 0.1) is 18.0 Å². The smallest absolute Gasteiger partial charge is 0.180 e. The van der Waals surface area contributed by atoms with E-state index in [1.165, 1.54) is 38.0 Å². The maximum absolute atomic E-state index is 4.47. The largest absolute Gasteiger partial charge is 0.452 e. The van der Waals surface area contributed by atoms with E-state index in [1.807, 2.05) is 23.6 Å². The minimum atomic E-state index is 1.38. The SMILES string of the molecule is c1c[nH]cn1.c1ccncc1.c1cnccn1.c1cncnc1.c1cocn1.c1cscn1.c1ncncn1. The van der Waals surface area contributed by atoms with Crippen LogP contribution in [0.5, 0.6) is 0 Å². The Balaban J connectivity index is 0.000000228. The number of aromatic amines is 1. The summed E-state index contributed by atoms with van der Waals surface area (Å²) in [5.74, 6) is 0. The number of thiazole rings is 1. The fourth-order valence-electron chi connectivity index (χ4n) is 1.59. The number of nitrogens with one attached hydrogen (secondary N) is 1. The molecule has 0 saturated heterocycles. The third kappa shape index (κ3) is 26.8. The first-order valence-electron chi connectivity index (χ1n) is 10.9. The second-order valence-electron chi connectivity index (χ2n) is 5.73. The molecule has 13 nitrogen and oxygen atoms in total. The van der Waals surface area contributed by atoms with Crippen molar-refractivity contribution in [1.29, 1.82) is 0 Å². The molecule has 7 rings (SSSR count). The molecule has 0 atom stereocenters. The number of hydrogen-bond donors (Lipinski definition) is 1. The summed E-state index contributed by atoms with van der Waals surface area (Å²) in [4.78, 5) is 43.0. The van der Waals surface area contributed by atoms with Crippen LogP contribution in [0.2, 0.25) is 0 Å². The molecule has 0 fully saturated rings. The van der Waals surface area contributed by atoms with Crippen molar-refractivity contribution < 1.29 is 4.42 Å². The minimum absolute atomic E-state index is 1.38. The number of rotatable bonds is 0. The van der Waals surface area contributed by atoms with Gasteiger partial charge in [-0.3, -0.25) is 19.9 Å². The molecule has 0 aliphatic carbocycles. The van der Waals surface area contributed by atoms with Crippen LogP contribution in [0.1, 0.15) is 0 Å². The molecular weight excluding hydrogens is 516 g/mol. The van der Waals surface area contributed by atoms with Gasteiger partial charge in [0.2, 0.25) is 0 Å².